The Morgan fingerprint density at radius 2 is 1.76 bits per heavy atom. The molecule has 0 saturated heterocycles. The Labute approximate surface area is 105 Å². The average molecular weight is 244 g/mol. The van der Waals surface area contributed by atoms with E-state index in [1.807, 2.05) is 34.6 Å². The first-order valence-corrected chi connectivity index (χ1v) is 6.39. The third kappa shape index (κ3) is 5.50. The zero-order valence-corrected chi connectivity index (χ0v) is 12.1. The Morgan fingerprint density at radius 1 is 1.29 bits per heavy atom. The zero-order chi connectivity index (χ0) is 13.7. The molecule has 3 N–H and O–H groups in total. The van der Waals surface area contributed by atoms with Crippen LogP contribution in [0.3, 0.4) is 0 Å². The monoisotopic (exact) mass is 244 g/mol. The number of ether oxygens (including phenoxy) is 1. The molecular formula is C13H28N2O2. The molecule has 4 nitrogen and oxygen atoms in total. The summed E-state index contributed by atoms with van der Waals surface area (Å²) >= 11 is 0. The normalized spacial score (nSPS) is 14.5. The van der Waals surface area contributed by atoms with Crippen molar-refractivity contribution in [1.82, 2.24) is 5.32 Å². The van der Waals surface area contributed by atoms with Crippen LogP contribution in [0.2, 0.25) is 0 Å². The summed E-state index contributed by atoms with van der Waals surface area (Å²) in [5, 5.41) is 2.91. The average Bonchev–Trinajstić information content (AvgIpc) is 2.23. The predicted molar refractivity (Wildman–Crippen MR) is 70.8 cm³/mol. The van der Waals surface area contributed by atoms with Crippen molar-refractivity contribution < 1.29 is 9.53 Å². The maximum atomic E-state index is 11.9. The maximum Gasteiger partial charge on any atom is 0.249 e. The van der Waals surface area contributed by atoms with Crippen molar-refractivity contribution in [2.75, 3.05) is 6.54 Å². The van der Waals surface area contributed by atoms with Gasteiger partial charge in [-0.15, -0.1) is 0 Å². The lowest BCUT2D eigenvalue weighted by Gasteiger charge is -2.34. The molecule has 0 rings (SSSR count). The molecule has 0 fully saturated rings. The largest absolute Gasteiger partial charge is 0.361 e. The van der Waals surface area contributed by atoms with E-state index in [4.69, 9.17) is 10.5 Å². The van der Waals surface area contributed by atoms with Crippen molar-refractivity contribution in [2.45, 2.75) is 71.6 Å². The van der Waals surface area contributed by atoms with Crippen LogP contribution in [0.15, 0.2) is 0 Å². The fraction of sp³-hybridized carbons (Fsp3) is 0.923. The molecule has 0 aromatic heterocycles. The van der Waals surface area contributed by atoms with Crippen LogP contribution in [0.25, 0.3) is 0 Å². The van der Waals surface area contributed by atoms with Gasteiger partial charge in [-0.05, 0) is 40.5 Å². The number of hydrogen-bond donors (Lipinski definition) is 2. The molecule has 0 bridgehead atoms. The SMILES string of the molecule is CCC(CC)(CN)OC(C)C(=O)NC(C)(C)C. The molecule has 0 saturated carbocycles. The van der Waals surface area contributed by atoms with Gasteiger partial charge in [-0.1, -0.05) is 13.8 Å². The molecule has 1 atom stereocenters. The van der Waals surface area contributed by atoms with Gasteiger partial charge in [0.05, 0.1) is 5.60 Å². The van der Waals surface area contributed by atoms with Crippen LogP contribution in [-0.4, -0.2) is 29.7 Å². The van der Waals surface area contributed by atoms with Crippen LogP contribution in [0.5, 0.6) is 0 Å². The Kier molecular flexibility index (Phi) is 6.13. The topological polar surface area (TPSA) is 64.3 Å². The second-order valence-corrected chi connectivity index (χ2v) is 5.59. The van der Waals surface area contributed by atoms with E-state index >= 15 is 0 Å². The van der Waals surface area contributed by atoms with E-state index < -0.39 is 6.10 Å². The van der Waals surface area contributed by atoms with E-state index in [2.05, 4.69) is 5.32 Å². The van der Waals surface area contributed by atoms with E-state index in [1.165, 1.54) is 0 Å². The van der Waals surface area contributed by atoms with E-state index in [9.17, 15) is 4.79 Å². The number of nitrogens with one attached hydrogen (secondary N) is 1. The molecule has 1 unspecified atom stereocenters. The van der Waals surface area contributed by atoms with Crippen LogP contribution >= 0.6 is 0 Å². The Bertz CT molecular complexity index is 234. The number of amides is 1. The molecule has 0 aliphatic carbocycles. The fourth-order valence-corrected chi connectivity index (χ4v) is 1.65. The minimum atomic E-state index is -0.474. The van der Waals surface area contributed by atoms with E-state index in [1.54, 1.807) is 6.92 Å². The summed E-state index contributed by atoms with van der Waals surface area (Å²) in [5.74, 6) is -0.0859. The maximum absolute atomic E-state index is 11.9. The molecule has 4 heteroatoms. The van der Waals surface area contributed by atoms with Crippen molar-refractivity contribution in [2.24, 2.45) is 5.73 Å². The van der Waals surface area contributed by atoms with Crippen LogP contribution in [0, 0.1) is 0 Å². The highest BCUT2D eigenvalue weighted by Crippen LogP contribution is 2.21. The summed E-state index contributed by atoms with van der Waals surface area (Å²) in [5.41, 5.74) is 5.13. The third-order valence-corrected chi connectivity index (χ3v) is 2.95. The predicted octanol–water partition coefficient (Wildman–Crippen LogP) is 1.82. The summed E-state index contributed by atoms with van der Waals surface area (Å²) in [6.45, 7) is 12.1. The van der Waals surface area contributed by atoms with Gasteiger partial charge in [0.25, 0.3) is 0 Å². The lowest BCUT2D eigenvalue weighted by molar-refractivity contribution is -0.147. The van der Waals surface area contributed by atoms with Crippen molar-refractivity contribution in [3.05, 3.63) is 0 Å². The quantitative estimate of drug-likeness (QED) is 0.749. The zero-order valence-electron chi connectivity index (χ0n) is 12.1. The minimum Gasteiger partial charge on any atom is -0.361 e. The first kappa shape index (κ1) is 16.4. The van der Waals surface area contributed by atoms with Gasteiger partial charge in [0.1, 0.15) is 6.10 Å². The lowest BCUT2D eigenvalue weighted by atomic mass is 9.97. The number of carbonyl (C=O) groups is 1. The molecular weight excluding hydrogens is 216 g/mol. The van der Waals surface area contributed by atoms with E-state index in [0.717, 1.165) is 12.8 Å². The molecule has 0 radical (unpaired) electrons. The third-order valence-electron chi connectivity index (χ3n) is 2.95. The lowest BCUT2D eigenvalue weighted by Crippen LogP contribution is -2.50. The summed E-state index contributed by atoms with van der Waals surface area (Å²) in [4.78, 5) is 11.9. The summed E-state index contributed by atoms with van der Waals surface area (Å²) in [6, 6.07) is 0. The first-order chi connectivity index (χ1) is 7.69. The Hall–Kier alpha value is -0.610. The smallest absolute Gasteiger partial charge is 0.249 e. The number of nitrogens with two attached hydrogens (primary N) is 1. The molecule has 0 aromatic rings. The molecule has 1 amide bonds. The minimum absolute atomic E-state index is 0.0859. The number of hydrogen-bond acceptors (Lipinski definition) is 3. The van der Waals surface area contributed by atoms with Crippen LogP contribution in [0.4, 0.5) is 0 Å². The van der Waals surface area contributed by atoms with Gasteiger partial charge >= 0.3 is 0 Å². The molecule has 0 aliphatic heterocycles. The summed E-state index contributed by atoms with van der Waals surface area (Å²) in [7, 11) is 0. The van der Waals surface area contributed by atoms with Gasteiger partial charge in [-0.2, -0.15) is 0 Å². The molecule has 0 aromatic carbocycles. The van der Waals surface area contributed by atoms with E-state index in [-0.39, 0.29) is 17.0 Å². The van der Waals surface area contributed by atoms with Gasteiger partial charge in [-0.25, -0.2) is 0 Å². The van der Waals surface area contributed by atoms with Crippen molar-refractivity contribution in [1.29, 1.82) is 0 Å². The summed E-state index contributed by atoms with van der Waals surface area (Å²) in [6.07, 6.45) is 1.15. The van der Waals surface area contributed by atoms with Gasteiger partial charge in [0.15, 0.2) is 0 Å². The summed E-state index contributed by atoms with van der Waals surface area (Å²) < 4.78 is 5.86. The Morgan fingerprint density at radius 3 is 2.06 bits per heavy atom. The fourth-order valence-electron chi connectivity index (χ4n) is 1.65. The van der Waals surface area contributed by atoms with Crippen molar-refractivity contribution >= 4 is 5.91 Å². The van der Waals surface area contributed by atoms with Crippen molar-refractivity contribution in [3.8, 4) is 0 Å². The highest BCUT2D eigenvalue weighted by atomic mass is 16.5. The first-order valence-electron chi connectivity index (χ1n) is 6.39. The standard InChI is InChI=1S/C13H28N2O2/c1-7-13(8-2,9-14)17-10(3)11(16)15-12(4,5)6/h10H,7-9,14H2,1-6H3,(H,15,16). The highest BCUT2D eigenvalue weighted by molar-refractivity contribution is 5.81. The number of carbonyl (C=O) groups excluding carboxylic acids is 1. The van der Waals surface area contributed by atoms with Gasteiger partial charge in [-0.3, -0.25) is 4.79 Å². The molecule has 17 heavy (non-hydrogen) atoms. The van der Waals surface area contributed by atoms with Gasteiger partial charge < -0.3 is 15.8 Å². The van der Waals surface area contributed by atoms with Crippen molar-refractivity contribution in [3.63, 3.8) is 0 Å². The Balaban J connectivity index is 4.51. The number of rotatable bonds is 6. The highest BCUT2D eigenvalue weighted by Gasteiger charge is 2.31. The van der Waals surface area contributed by atoms with Crippen LogP contribution in [0.1, 0.15) is 54.4 Å². The second kappa shape index (κ2) is 6.36. The van der Waals surface area contributed by atoms with E-state index in [0.29, 0.717) is 6.54 Å². The van der Waals surface area contributed by atoms with Gasteiger partial charge in [0.2, 0.25) is 5.91 Å². The molecule has 0 heterocycles. The van der Waals surface area contributed by atoms with Gasteiger partial charge in [0, 0.05) is 12.1 Å². The second-order valence-electron chi connectivity index (χ2n) is 5.59. The molecule has 0 aliphatic rings. The molecule has 102 valence electrons. The van der Waals surface area contributed by atoms with Crippen LogP contribution in [-0.2, 0) is 9.53 Å². The molecule has 0 spiro atoms. The van der Waals surface area contributed by atoms with Crippen LogP contribution < -0.4 is 11.1 Å².